The van der Waals surface area contributed by atoms with Gasteiger partial charge < -0.3 is 10.4 Å². The number of phenols is 1. The minimum Gasteiger partial charge on any atom is -0.508 e. The number of hydrogen-bond donors (Lipinski definition) is 2. The summed E-state index contributed by atoms with van der Waals surface area (Å²) in [5, 5.41) is 12.4. The van der Waals surface area contributed by atoms with Crippen LogP contribution in [0.2, 0.25) is 5.02 Å². The summed E-state index contributed by atoms with van der Waals surface area (Å²) < 4.78 is 0. The molecular formula is C13H11ClN2O2. The molecule has 2 rings (SSSR count). The zero-order valence-corrected chi connectivity index (χ0v) is 10.4. The Morgan fingerprint density at radius 3 is 2.78 bits per heavy atom. The quantitative estimate of drug-likeness (QED) is 0.875. The lowest BCUT2D eigenvalue weighted by Crippen LogP contribution is -2.14. The first-order chi connectivity index (χ1) is 8.56. The van der Waals surface area contributed by atoms with Gasteiger partial charge in [-0.1, -0.05) is 11.6 Å². The Labute approximate surface area is 109 Å². The number of aryl methyl sites for hydroxylation is 1. The maximum absolute atomic E-state index is 12.0. The summed E-state index contributed by atoms with van der Waals surface area (Å²) in [5.74, 6) is 0.229. The molecule has 2 aromatic rings. The molecule has 1 aromatic carbocycles. The summed E-state index contributed by atoms with van der Waals surface area (Å²) in [6.45, 7) is 1.75. The number of carbonyl (C=O) groups excluding carboxylic acids is 1. The van der Waals surface area contributed by atoms with E-state index in [9.17, 15) is 9.90 Å². The summed E-state index contributed by atoms with van der Waals surface area (Å²) in [6, 6.07) is 7.75. The molecule has 0 unspecified atom stereocenters. The van der Waals surface area contributed by atoms with Gasteiger partial charge in [0.1, 0.15) is 11.6 Å². The minimum absolute atomic E-state index is 0.130. The maximum atomic E-state index is 12.0. The predicted octanol–water partition coefficient (Wildman–Crippen LogP) is 3.00. The van der Waals surface area contributed by atoms with Crippen LogP contribution < -0.4 is 5.32 Å². The molecule has 5 heteroatoms. The molecule has 4 nitrogen and oxygen atoms in total. The summed E-state index contributed by atoms with van der Waals surface area (Å²) in [6.07, 6.45) is 1.52. The molecule has 1 aromatic heterocycles. The highest BCUT2D eigenvalue weighted by atomic mass is 35.5. The Kier molecular flexibility index (Phi) is 3.48. The average Bonchev–Trinajstić information content (AvgIpc) is 2.28. The third-order valence-electron chi connectivity index (χ3n) is 2.42. The lowest BCUT2D eigenvalue weighted by atomic mass is 10.1. The second-order valence-electron chi connectivity index (χ2n) is 3.81. The van der Waals surface area contributed by atoms with Crippen molar-refractivity contribution in [3.05, 3.63) is 52.7 Å². The number of halogens is 1. The van der Waals surface area contributed by atoms with E-state index < -0.39 is 0 Å². The normalized spacial score (nSPS) is 10.1. The molecule has 18 heavy (non-hydrogen) atoms. The third-order valence-corrected chi connectivity index (χ3v) is 2.65. The number of carbonyl (C=O) groups is 1. The summed E-state index contributed by atoms with van der Waals surface area (Å²) in [7, 11) is 0. The standard InChI is InChI=1S/C13H11ClN2O2/c1-8-6-10(17)2-3-11(8)13(18)16-12-7-9(14)4-5-15-12/h2-7,17H,1H3,(H,15,16,18). The largest absolute Gasteiger partial charge is 0.508 e. The van der Waals surface area contributed by atoms with Crippen LogP contribution in [0.25, 0.3) is 0 Å². The van der Waals surface area contributed by atoms with Crippen molar-refractivity contribution in [3.8, 4) is 5.75 Å². The van der Waals surface area contributed by atoms with Crippen LogP contribution >= 0.6 is 11.6 Å². The third kappa shape index (κ3) is 2.78. The van der Waals surface area contributed by atoms with Gasteiger partial charge in [0.05, 0.1) is 0 Å². The smallest absolute Gasteiger partial charge is 0.257 e. The van der Waals surface area contributed by atoms with E-state index in [1.807, 2.05) is 0 Å². The first-order valence-corrected chi connectivity index (χ1v) is 5.66. The van der Waals surface area contributed by atoms with Crippen LogP contribution in [0.15, 0.2) is 36.5 Å². The van der Waals surface area contributed by atoms with Crippen LogP contribution in [0.1, 0.15) is 15.9 Å². The number of nitrogens with zero attached hydrogens (tertiary/aromatic N) is 1. The van der Waals surface area contributed by atoms with E-state index in [1.54, 1.807) is 25.1 Å². The number of phenolic OH excluding ortho intramolecular Hbond substituents is 1. The van der Waals surface area contributed by atoms with Crippen LogP contribution in [0.5, 0.6) is 5.75 Å². The highest BCUT2D eigenvalue weighted by molar-refractivity contribution is 6.30. The van der Waals surface area contributed by atoms with Gasteiger partial charge in [0, 0.05) is 16.8 Å². The van der Waals surface area contributed by atoms with Crippen LogP contribution in [0, 0.1) is 6.92 Å². The first-order valence-electron chi connectivity index (χ1n) is 5.29. The zero-order valence-electron chi connectivity index (χ0n) is 9.64. The average molecular weight is 263 g/mol. The highest BCUT2D eigenvalue weighted by Gasteiger charge is 2.10. The van der Waals surface area contributed by atoms with Crippen molar-refractivity contribution < 1.29 is 9.90 Å². The predicted molar refractivity (Wildman–Crippen MR) is 70.0 cm³/mol. The van der Waals surface area contributed by atoms with Crippen LogP contribution in [0.4, 0.5) is 5.82 Å². The van der Waals surface area contributed by atoms with Gasteiger partial charge in [-0.25, -0.2) is 4.98 Å². The number of rotatable bonds is 2. The zero-order chi connectivity index (χ0) is 13.1. The fourth-order valence-electron chi connectivity index (χ4n) is 1.56. The molecule has 92 valence electrons. The highest BCUT2D eigenvalue weighted by Crippen LogP contribution is 2.18. The molecule has 0 fully saturated rings. The molecule has 0 aliphatic rings. The molecular weight excluding hydrogens is 252 g/mol. The van der Waals surface area contributed by atoms with Crippen molar-refractivity contribution in [1.82, 2.24) is 4.98 Å². The van der Waals surface area contributed by atoms with E-state index >= 15 is 0 Å². The Bertz CT molecular complexity index is 599. The van der Waals surface area contributed by atoms with E-state index in [-0.39, 0.29) is 11.7 Å². The molecule has 0 saturated heterocycles. The van der Waals surface area contributed by atoms with E-state index in [1.165, 1.54) is 18.3 Å². The van der Waals surface area contributed by atoms with Gasteiger partial charge in [-0.2, -0.15) is 0 Å². The number of aromatic hydroxyl groups is 1. The summed E-state index contributed by atoms with van der Waals surface area (Å²) in [5.41, 5.74) is 1.17. The fourth-order valence-corrected chi connectivity index (χ4v) is 1.72. The summed E-state index contributed by atoms with van der Waals surface area (Å²) in [4.78, 5) is 16.0. The molecule has 0 aliphatic carbocycles. The lowest BCUT2D eigenvalue weighted by molar-refractivity contribution is 0.102. The number of hydrogen-bond acceptors (Lipinski definition) is 3. The van der Waals surface area contributed by atoms with Gasteiger partial charge in [-0.05, 0) is 42.8 Å². The Morgan fingerprint density at radius 1 is 1.33 bits per heavy atom. The fraction of sp³-hybridized carbons (Fsp3) is 0.0769. The molecule has 0 radical (unpaired) electrons. The molecule has 1 amide bonds. The van der Waals surface area contributed by atoms with Crippen molar-refractivity contribution in [2.75, 3.05) is 5.32 Å². The van der Waals surface area contributed by atoms with Gasteiger partial charge in [-0.15, -0.1) is 0 Å². The SMILES string of the molecule is Cc1cc(O)ccc1C(=O)Nc1cc(Cl)ccn1. The van der Waals surface area contributed by atoms with E-state index in [0.717, 1.165) is 0 Å². The second kappa shape index (κ2) is 5.06. The van der Waals surface area contributed by atoms with Crippen molar-refractivity contribution in [3.63, 3.8) is 0 Å². The van der Waals surface area contributed by atoms with E-state index in [4.69, 9.17) is 11.6 Å². The number of pyridine rings is 1. The summed E-state index contributed by atoms with van der Waals surface area (Å²) >= 11 is 5.80. The van der Waals surface area contributed by atoms with E-state index in [0.29, 0.717) is 22.0 Å². The molecule has 1 heterocycles. The molecule has 0 saturated carbocycles. The number of aromatic nitrogens is 1. The molecule has 0 aliphatic heterocycles. The second-order valence-corrected chi connectivity index (χ2v) is 4.25. The first kappa shape index (κ1) is 12.4. The topological polar surface area (TPSA) is 62.2 Å². The lowest BCUT2D eigenvalue weighted by Gasteiger charge is -2.07. The van der Waals surface area contributed by atoms with Crippen LogP contribution in [-0.4, -0.2) is 16.0 Å². The number of benzene rings is 1. The van der Waals surface area contributed by atoms with Gasteiger partial charge in [0.25, 0.3) is 5.91 Å². The maximum Gasteiger partial charge on any atom is 0.257 e. The Balaban J connectivity index is 2.22. The van der Waals surface area contributed by atoms with Crippen molar-refractivity contribution in [2.24, 2.45) is 0 Å². The van der Waals surface area contributed by atoms with Crippen molar-refractivity contribution in [2.45, 2.75) is 6.92 Å². The van der Waals surface area contributed by atoms with Crippen molar-refractivity contribution in [1.29, 1.82) is 0 Å². The van der Waals surface area contributed by atoms with Gasteiger partial charge in [0.15, 0.2) is 0 Å². The Morgan fingerprint density at radius 2 is 2.11 bits per heavy atom. The van der Waals surface area contributed by atoms with Gasteiger partial charge in [-0.3, -0.25) is 4.79 Å². The van der Waals surface area contributed by atoms with Crippen LogP contribution in [0.3, 0.4) is 0 Å². The van der Waals surface area contributed by atoms with Crippen LogP contribution in [-0.2, 0) is 0 Å². The molecule has 0 bridgehead atoms. The number of amides is 1. The molecule has 0 atom stereocenters. The number of anilines is 1. The minimum atomic E-state index is -0.290. The monoisotopic (exact) mass is 262 g/mol. The van der Waals surface area contributed by atoms with Crippen molar-refractivity contribution >= 4 is 23.3 Å². The molecule has 0 spiro atoms. The Hall–Kier alpha value is -2.07. The number of nitrogens with one attached hydrogen (secondary N) is 1. The molecule has 2 N–H and O–H groups in total. The van der Waals surface area contributed by atoms with Gasteiger partial charge in [0.2, 0.25) is 0 Å². The van der Waals surface area contributed by atoms with Gasteiger partial charge >= 0.3 is 0 Å². The van der Waals surface area contributed by atoms with E-state index in [2.05, 4.69) is 10.3 Å².